The topological polar surface area (TPSA) is 107 Å². The van der Waals surface area contributed by atoms with E-state index in [-0.39, 0.29) is 37.2 Å². The number of fused-ring (bicyclic) bond motifs is 1. The molecule has 3 unspecified atom stereocenters. The molecule has 1 aliphatic heterocycles. The lowest BCUT2D eigenvalue weighted by Gasteiger charge is -2.30. The van der Waals surface area contributed by atoms with Crippen molar-refractivity contribution in [3.8, 4) is 28.5 Å². The van der Waals surface area contributed by atoms with E-state index in [0.29, 0.717) is 45.3 Å². The van der Waals surface area contributed by atoms with Gasteiger partial charge in [0.1, 0.15) is 23.7 Å². The fourth-order valence-electron chi connectivity index (χ4n) is 4.84. The molecule has 1 aromatic heterocycles. The monoisotopic (exact) mass is 610 g/mol. The predicted octanol–water partition coefficient (Wildman–Crippen LogP) is 5.97. The maximum atomic E-state index is 13.8. The number of ether oxygens (including phenoxy) is 3. The first-order valence-electron chi connectivity index (χ1n) is 14.4. The number of Topliss-reactive ketones (excluding diaryl/α,β-unsaturated/α-hetero) is 1. The van der Waals surface area contributed by atoms with Gasteiger partial charge in [-0.1, -0.05) is 0 Å². The SMILES string of the molecule is COc1cc(C(=O)CCC(C)(O)c2cc3c(c(-c4ccc(F)cc4)n2)OCC3(C)NS(=O)C(C)(C)C)ccc1OC1CC1. The highest BCUT2D eigenvalue weighted by Crippen LogP contribution is 2.45. The van der Waals surface area contributed by atoms with Gasteiger partial charge in [0.15, 0.2) is 23.0 Å². The second-order valence-electron chi connectivity index (χ2n) is 12.7. The first-order valence-corrected chi connectivity index (χ1v) is 15.6. The van der Waals surface area contributed by atoms with Crippen LogP contribution >= 0.6 is 0 Å². The number of hydrogen-bond donors (Lipinski definition) is 2. The molecule has 230 valence electrons. The molecule has 5 rings (SSSR count). The van der Waals surface area contributed by atoms with Crippen LogP contribution < -0.4 is 18.9 Å². The summed E-state index contributed by atoms with van der Waals surface area (Å²) in [6.07, 6.45) is 2.34. The van der Waals surface area contributed by atoms with E-state index in [9.17, 15) is 18.5 Å². The number of nitrogens with one attached hydrogen (secondary N) is 1. The molecule has 10 heteroatoms. The van der Waals surface area contributed by atoms with Crippen molar-refractivity contribution in [1.29, 1.82) is 0 Å². The van der Waals surface area contributed by atoms with Crippen molar-refractivity contribution in [1.82, 2.24) is 9.71 Å². The van der Waals surface area contributed by atoms with Crippen LogP contribution in [0.5, 0.6) is 17.2 Å². The molecule has 43 heavy (non-hydrogen) atoms. The number of aliphatic hydroxyl groups is 1. The number of hydrogen-bond acceptors (Lipinski definition) is 7. The number of carbonyl (C=O) groups excluding carboxylic acids is 1. The normalized spacial score (nSPS) is 20.1. The summed E-state index contributed by atoms with van der Waals surface area (Å²) in [4.78, 5) is 18.0. The number of nitrogens with zero attached hydrogens (tertiary/aromatic N) is 1. The van der Waals surface area contributed by atoms with Crippen LogP contribution in [0.25, 0.3) is 11.3 Å². The average Bonchev–Trinajstić information content (AvgIpc) is 3.72. The number of pyridine rings is 1. The zero-order valence-corrected chi connectivity index (χ0v) is 26.3. The molecule has 2 aliphatic rings. The van der Waals surface area contributed by atoms with Gasteiger partial charge in [-0.3, -0.25) is 4.79 Å². The van der Waals surface area contributed by atoms with Crippen molar-refractivity contribution in [3.63, 3.8) is 0 Å². The van der Waals surface area contributed by atoms with E-state index < -0.39 is 26.9 Å². The quantitative estimate of drug-likeness (QED) is 0.258. The minimum atomic E-state index is -1.51. The highest BCUT2D eigenvalue weighted by atomic mass is 32.2. The summed E-state index contributed by atoms with van der Waals surface area (Å²) >= 11 is 0. The number of aromatic nitrogens is 1. The van der Waals surface area contributed by atoms with Crippen molar-refractivity contribution in [2.45, 2.75) is 82.3 Å². The van der Waals surface area contributed by atoms with Gasteiger partial charge in [-0.25, -0.2) is 18.3 Å². The lowest BCUT2D eigenvalue weighted by molar-refractivity contribution is 0.0396. The predicted molar refractivity (Wildman–Crippen MR) is 163 cm³/mol. The van der Waals surface area contributed by atoms with Crippen LogP contribution in [0.3, 0.4) is 0 Å². The zero-order valence-electron chi connectivity index (χ0n) is 25.5. The Morgan fingerprint density at radius 2 is 1.84 bits per heavy atom. The van der Waals surface area contributed by atoms with Gasteiger partial charge in [-0.2, -0.15) is 0 Å². The molecule has 1 aliphatic carbocycles. The minimum absolute atomic E-state index is 0.0453. The van der Waals surface area contributed by atoms with Crippen LogP contribution in [-0.2, 0) is 22.1 Å². The molecule has 2 aromatic carbocycles. The van der Waals surface area contributed by atoms with Gasteiger partial charge in [0.05, 0.1) is 40.2 Å². The van der Waals surface area contributed by atoms with Crippen LogP contribution in [-0.4, -0.2) is 44.7 Å². The van der Waals surface area contributed by atoms with Crippen LogP contribution in [0.1, 0.15) is 81.9 Å². The second kappa shape index (κ2) is 11.6. The number of ketones is 1. The van der Waals surface area contributed by atoms with Crippen molar-refractivity contribution in [3.05, 3.63) is 71.2 Å². The van der Waals surface area contributed by atoms with Crippen molar-refractivity contribution < 1.29 is 32.7 Å². The molecule has 0 radical (unpaired) electrons. The summed E-state index contributed by atoms with van der Waals surface area (Å²) in [5.74, 6) is 1.03. The molecule has 3 atom stereocenters. The number of benzene rings is 2. The number of carbonyl (C=O) groups is 1. The van der Waals surface area contributed by atoms with Gasteiger partial charge < -0.3 is 19.3 Å². The van der Waals surface area contributed by atoms with Crippen molar-refractivity contribution in [2.24, 2.45) is 0 Å². The Balaban J connectivity index is 1.45. The highest BCUT2D eigenvalue weighted by Gasteiger charge is 2.43. The fraction of sp³-hybridized carbons (Fsp3) is 0.455. The van der Waals surface area contributed by atoms with Gasteiger partial charge in [0, 0.05) is 23.1 Å². The van der Waals surface area contributed by atoms with Gasteiger partial charge >= 0.3 is 0 Å². The minimum Gasteiger partial charge on any atom is -0.493 e. The molecule has 0 bridgehead atoms. The summed E-state index contributed by atoms with van der Waals surface area (Å²) in [7, 11) is 0.120. The van der Waals surface area contributed by atoms with E-state index in [1.165, 1.54) is 19.2 Å². The zero-order chi connectivity index (χ0) is 31.2. The van der Waals surface area contributed by atoms with E-state index in [2.05, 4.69) is 4.72 Å². The van der Waals surface area contributed by atoms with E-state index >= 15 is 0 Å². The number of methoxy groups -OCH3 is 1. The fourth-order valence-corrected chi connectivity index (χ4v) is 5.72. The van der Waals surface area contributed by atoms with Crippen LogP contribution in [0.4, 0.5) is 4.39 Å². The lowest BCUT2D eigenvalue weighted by Crippen LogP contribution is -2.47. The van der Waals surface area contributed by atoms with Gasteiger partial charge in [0.2, 0.25) is 0 Å². The van der Waals surface area contributed by atoms with E-state index in [0.717, 1.165) is 12.8 Å². The number of rotatable bonds is 11. The average molecular weight is 611 g/mol. The van der Waals surface area contributed by atoms with Crippen molar-refractivity contribution >= 4 is 16.8 Å². The summed E-state index contributed by atoms with van der Waals surface area (Å²) in [5, 5.41) is 11.7. The molecule has 3 aromatic rings. The second-order valence-corrected chi connectivity index (χ2v) is 14.7. The summed E-state index contributed by atoms with van der Waals surface area (Å²) in [5.41, 5.74) is 0.133. The third kappa shape index (κ3) is 6.76. The van der Waals surface area contributed by atoms with Crippen molar-refractivity contribution in [2.75, 3.05) is 13.7 Å². The maximum absolute atomic E-state index is 13.8. The lowest BCUT2D eigenvalue weighted by atomic mass is 9.88. The summed E-state index contributed by atoms with van der Waals surface area (Å²) in [6.45, 7) is 9.33. The Kier molecular flexibility index (Phi) is 8.41. The molecule has 0 saturated heterocycles. The smallest absolute Gasteiger partial charge is 0.163 e. The summed E-state index contributed by atoms with van der Waals surface area (Å²) in [6, 6.07) is 12.7. The largest absolute Gasteiger partial charge is 0.493 e. The van der Waals surface area contributed by atoms with Crippen LogP contribution in [0, 0.1) is 5.82 Å². The van der Waals surface area contributed by atoms with E-state index in [4.69, 9.17) is 19.2 Å². The first-order chi connectivity index (χ1) is 20.2. The summed E-state index contributed by atoms with van der Waals surface area (Å²) < 4.78 is 47.0. The van der Waals surface area contributed by atoms with E-state index in [1.54, 1.807) is 43.3 Å². The molecular weight excluding hydrogens is 571 g/mol. The number of halogens is 1. The third-order valence-corrected chi connectivity index (χ3v) is 9.51. The van der Waals surface area contributed by atoms with Crippen LogP contribution in [0.2, 0.25) is 0 Å². The van der Waals surface area contributed by atoms with E-state index in [1.807, 2.05) is 27.7 Å². The van der Waals surface area contributed by atoms with Gasteiger partial charge in [0.25, 0.3) is 0 Å². The molecule has 2 N–H and O–H groups in total. The molecule has 1 fully saturated rings. The molecule has 2 heterocycles. The Hall–Kier alpha value is -3.34. The Morgan fingerprint density at radius 3 is 2.47 bits per heavy atom. The Labute approximate surface area is 254 Å². The Bertz CT molecular complexity index is 1550. The first kappa shape index (κ1) is 31.1. The van der Waals surface area contributed by atoms with Gasteiger partial charge in [-0.15, -0.1) is 0 Å². The molecule has 1 saturated carbocycles. The molecular formula is C33H39FN2O6S. The molecule has 8 nitrogen and oxygen atoms in total. The Morgan fingerprint density at radius 1 is 1.14 bits per heavy atom. The standard InChI is InChI=1S/C33H39FN2O6S/c1-31(2,3)43(39)36-32(4)19-41-30-24(32)18-28(35-29(30)20-7-10-22(34)11-8-20)33(5,38)16-15-25(37)21-9-14-26(27(17-21)40-6)42-23-12-13-23/h7-11,14,17-18,23,36,38H,12-13,15-16,19H2,1-6H3. The molecule has 0 spiro atoms. The highest BCUT2D eigenvalue weighted by molar-refractivity contribution is 7.84. The van der Waals surface area contributed by atoms with Gasteiger partial charge in [-0.05, 0) is 102 Å². The molecule has 0 amide bonds. The maximum Gasteiger partial charge on any atom is 0.163 e. The third-order valence-electron chi connectivity index (χ3n) is 7.76. The van der Waals surface area contributed by atoms with Crippen LogP contribution in [0.15, 0.2) is 48.5 Å².